The molecule has 0 N–H and O–H groups in total. The molecule has 0 radical (unpaired) electrons. The molecule has 0 saturated heterocycles. The highest BCUT2D eigenvalue weighted by Gasteiger charge is 2.36. The molecule has 1 fully saturated rings. The molecule has 5 nitrogen and oxygen atoms in total. The maximum Gasteiger partial charge on any atom is 0.294 e. The van der Waals surface area contributed by atoms with Gasteiger partial charge in [-0.3, -0.25) is 14.9 Å². The predicted molar refractivity (Wildman–Crippen MR) is 83.4 cm³/mol. The van der Waals surface area contributed by atoms with Crippen LogP contribution >= 0.6 is 15.9 Å². The zero-order chi connectivity index (χ0) is 15.0. The molecule has 1 aliphatic carbocycles. The van der Waals surface area contributed by atoms with Crippen LogP contribution in [0.1, 0.15) is 37.7 Å². The maximum atomic E-state index is 12.7. The number of carbonyl (C=O) groups excluding carboxylic acids is 1. The third-order valence-corrected chi connectivity index (χ3v) is 4.88. The Hall–Kier alpha value is -1.43. The van der Waals surface area contributed by atoms with Crippen molar-refractivity contribution >= 4 is 33.2 Å². The molecule has 112 valence electrons. The molecular formula is C15H17BrN2O3. The zero-order valence-electron chi connectivity index (χ0n) is 11.7. The van der Waals surface area contributed by atoms with E-state index in [-0.39, 0.29) is 17.5 Å². The Morgan fingerprint density at radius 1 is 1.29 bits per heavy atom. The van der Waals surface area contributed by atoms with Gasteiger partial charge in [0.25, 0.3) is 5.69 Å². The Morgan fingerprint density at radius 2 is 2.00 bits per heavy atom. The number of benzene rings is 1. The topological polar surface area (TPSA) is 63.5 Å². The lowest BCUT2D eigenvalue weighted by Gasteiger charge is -2.26. The Bertz CT molecular complexity index is 597. The lowest BCUT2D eigenvalue weighted by atomic mass is 9.88. The quantitative estimate of drug-likeness (QED) is 0.600. The summed E-state index contributed by atoms with van der Waals surface area (Å²) >= 11 is 3.31. The van der Waals surface area contributed by atoms with Gasteiger partial charge in [-0.2, -0.15) is 0 Å². The molecule has 1 amide bonds. The van der Waals surface area contributed by atoms with Gasteiger partial charge in [-0.15, -0.1) is 0 Å². The van der Waals surface area contributed by atoms with Crippen LogP contribution in [0.2, 0.25) is 0 Å². The van der Waals surface area contributed by atoms with Crippen LogP contribution in [0.4, 0.5) is 11.4 Å². The van der Waals surface area contributed by atoms with E-state index in [1.807, 2.05) is 6.07 Å². The molecule has 0 spiro atoms. The molecule has 1 saturated carbocycles. The lowest BCUT2D eigenvalue weighted by molar-refractivity contribution is -0.384. The summed E-state index contributed by atoms with van der Waals surface area (Å²) in [6.45, 7) is 0.557. The number of rotatable bonds is 2. The van der Waals surface area contributed by atoms with Crippen LogP contribution in [0.3, 0.4) is 0 Å². The highest BCUT2D eigenvalue weighted by atomic mass is 79.9. The number of hydrogen-bond donors (Lipinski definition) is 0. The van der Waals surface area contributed by atoms with Crippen molar-refractivity contribution in [2.75, 3.05) is 11.4 Å². The fourth-order valence-corrected chi connectivity index (χ4v) is 3.91. The van der Waals surface area contributed by atoms with E-state index in [1.165, 1.54) is 12.5 Å². The molecule has 1 aliphatic heterocycles. The van der Waals surface area contributed by atoms with Gasteiger partial charge in [0.15, 0.2) is 0 Å². The number of amides is 1. The van der Waals surface area contributed by atoms with E-state index in [2.05, 4.69) is 15.9 Å². The monoisotopic (exact) mass is 352 g/mol. The molecule has 1 aromatic rings. The summed E-state index contributed by atoms with van der Waals surface area (Å²) in [4.78, 5) is 25.3. The second kappa shape index (κ2) is 5.75. The number of nitro groups is 1. The van der Waals surface area contributed by atoms with Gasteiger partial charge in [0.05, 0.1) is 4.92 Å². The minimum atomic E-state index is -0.393. The zero-order valence-corrected chi connectivity index (χ0v) is 13.3. The third-order valence-electron chi connectivity index (χ3n) is 4.43. The molecule has 1 heterocycles. The molecule has 0 atom stereocenters. The summed E-state index contributed by atoms with van der Waals surface area (Å²) in [6, 6.07) is 3.38. The maximum absolute atomic E-state index is 12.7. The molecular weight excluding hydrogens is 336 g/mol. The number of anilines is 1. The van der Waals surface area contributed by atoms with Gasteiger partial charge in [-0.05, 0) is 30.9 Å². The summed E-state index contributed by atoms with van der Waals surface area (Å²) in [5.41, 5.74) is 1.43. The molecule has 0 bridgehead atoms. The molecule has 6 heteroatoms. The van der Waals surface area contributed by atoms with Crippen LogP contribution in [0.25, 0.3) is 0 Å². The average molecular weight is 353 g/mol. The van der Waals surface area contributed by atoms with Gasteiger partial charge in [0.2, 0.25) is 5.91 Å². The van der Waals surface area contributed by atoms with Crippen LogP contribution in [-0.4, -0.2) is 17.4 Å². The standard InChI is InChI=1S/C15H17BrN2O3/c16-12-8-11-6-7-17(14(11)13(9-12)18(20)21)15(19)10-4-2-1-3-5-10/h8-10H,1-7H2. The largest absolute Gasteiger partial charge is 0.306 e. The molecule has 0 aromatic heterocycles. The number of nitrogens with zero attached hydrogens (tertiary/aromatic N) is 2. The molecule has 21 heavy (non-hydrogen) atoms. The first-order valence-electron chi connectivity index (χ1n) is 7.36. The normalized spacial score (nSPS) is 18.6. The van der Waals surface area contributed by atoms with Gasteiger partial charge in [0.1, 0.15) is 5.69 Å². The summed E-state index contributed by atoms with van der Waals surface area (Å²) in [5, 5.41) is 11.3. The Balaban J connectivity index is 1.95. The first-order valence-corrected chi connectivity index (χ1v) is 8.15. The minimum absolute atomic E-state index is 0.0287. The number of carbonyl (C=O) groups is 1. The predicted octanol–water partition coefficient (Wildman–Crippen LogP) is 3.83. The Kier molecular flexibility index (Phi) is 3.97. The fourth-order valence-electron chi connectivity index (χ4n) is 3.42. The van der Waals surface area contributed by atoms with Crippen LogP contribution in [0, 0.1) is 16.0 Å². The molecule has 3 rings (SSSR count). The van der Waals surface area contributed by atoms with Crippen LogP contribution in [0.15, 0.2) is 16.6 Å². The van der Waals surface area contributed by atoms with Crippen molar-refractivity contribution in [2.45, 2.75) is 38.5 Å². The van der Waals surface area contributed by atoms with Crippen molar-refractivity contribution in [2.24, 2.45) is 5.92 Å². The van der Waals surface area contributed by atoms with Crippen LogP contribution < -0.4 is 4.90 Å². The highest BCUT2D eigenvalue weighted by Crippen LogP contribution is 2.41. The minimum Gasteiger partial charge on any atom is -0.306 e. The summed E-state index contributed by atoms with van der Waals surface area (Å²) < 4.78 is 0.694. The van der Waals surface area contributed by atoms with E-state index < -0.39 is 4.92 Å². The van der Waals surface area contributed by atoms with Crippen molar-refractivity contribution in [1.82, 2.24) is 0 Å². The van der Waals surface area contributed by atoms with Gasteiger partial charge in [0, 0.05) is 23.0 Å². The van der Waals surface area contributed by atoms with E-state index in [0.717, 1.165) is 31.2 Å². The number of nitro benzene ring substituents is 1. The second-order valence-corrected chi connectivity index (χ2v) is 6.68. The number of hydrogen-bond acceptors (Lipinski definition) is 3. The van der Waals surface area contributed by atoms with E-state index in [9.17, 15) is 14.9 Å². The van der Waals surface area contributed by atoms with Crippen molar-refractivity contribution in [3.8, 4) is 0 Å². The first kappa shape index (κ1) is 14.5. The van der Waals surface area contributed by atoms with Gasteiger partial charge < -0.3 is 4.90 Å². The smallest absolute Gasteiger partial charge is 0.294 e. The number of halogens is 1. The van der Waals surface area contributed by atoms with Crippen molar-refractivity contribution in [3.63, 3.8) is 0 Å². The molecule has 0 unspecified atom stereocenters. The summed E-state index contributed by atoms with van der Waals surface area (Å²) in [6.07, 6.45) is 5.87. The second-order valence-electron chi connectivity index (χ2n) is 5.76. The average Bonchev–Trinajstić information content (AvgIpc) is 2.90. The lowest BCUT2D eigenvalue weighted by Crippen LogP contribution is -2.36. The summed E-state index contributed by atoms with van der Waals surface area (Å²) in [5.74, 6) is 0.104. The van der Waals surface area contributed by atoms with Crippen molar-refractivity contribution in [1.29, 1.82) is 0 Å². The van der Waals surface area contributed by atoms with Gasteiger partial charge in [-0.1, -0.05) is 35.2 Å². The van der Waals surface area contributed by atoms with Crippen molar-refractivity contribution in [3.05, 3.63) is 32.3 Å². The Morgan fingerprint density at radius 3 is 2.67 bits per heavy atom. The molecule has 1 aromatic carbocycles. The highest BCUT2D eigenvalue weighted by molar-refractivity contribution is 9.10. The van der Waals surface area contributed by atoms with Crippen molar-refractivity contribution < 1.29 is 9.72 Å². The Labute approximate surface area is 131 Å². The van der Waals surface area contributed by atoms with E-state index in [0.29, 0.717) is 23.1 Å². The molecule has 2 aliphatic rings. The van der Waals surface area contributed by atoms with Crippen LogP contribution in [-0.2, 0) is 11.2 Å². The van der Waals surface area contributed by atoms with E-state index >= 15 is 0 Å². The van der Waals surface area contributed by atoms with Gasteiger partial charge >= 0.3 is 0 Å². The first-order chi connectivity index (χ1) is 10.1. The van der Waals surface area contributed by atoms with Gasteiger partial charge in [-0.25, -0.2) is 0 Å². The third kappa shape index (κ3) is 2.69. The fraction of sp³-hybridized carbons (Fsp3) is 0.533. The van der Waals surface area contributed by atoms with Crippen LogP contribution in [0.5, 0.6) is 0 Å². The summed E-state index contributed by atoms with van der Waals surface area (Å²) in [7, 11) is 0. The van der Waals surface area contributed by atoms with E-state index in [4.69, 9.17) is 0 Å². The number of fused-ring (bicyclic) bond motifs is 1. The van der Waals surface area contributed by atoms with E-state index in [1.54, 1.807) is 4.90 Å². The SMILES string of the molecule is O=C(C1CCCCC1)N1CCc2cc(Br)cc([N+](=O)[O-])c21.